The lowest BCUT2D eigenvalue weighted by molar-refractivity contribution is -0.206. The van der Waals surface area contributed by atoms with Gasteiger partial charge in [-0.05, 0) is 5.53 Å². The van der Waals surface area contributed by atoms with Crippen LogP contribution in [0.25, 0.3) is 10.4 Å². The number of carbonyl (C=O) groups is 3. The summed E-state index contributed by atoms with van der Waals surface area (Å²) in [6.07, 6.45) is -2.99. The van der Waals surface area contributed by atoms with Crippen LogP contribution in [0.1, 0.15) is 20.8 Å². The number of azide groups is 1. The van der Waals surface area contributed by atoms with Gasteiger partial charge in [0.1, 0.15) is 22.9 Å². The van der Waals surface area contributed by atoms with Crippen LogP contribution in [0.5, 0.6) is 0 Å². The monoisotopic (exact) mass is 441 g/mol. The summed E-state index contributed by atoms with van der Waals surface area (Å²) in [5, 5.41) is 3.56. The average molecular weight is 441 g/mol. The maximum absolute atomic E-state index is 11.3. The van der Waals surface area contributed by atoms with E-state index in [0.717, 1.165) is 0 Å². The number of carbonyl (C=O) groups excluding carboxylic acids is 3. The highest BCUT2D eigenvalue weighted by molar-refractivity contribution is 14.1. The van der Waals surface area contributed by atoms with Crippen molar-refractivity contribution in [2.75, 3.05) is 6.61 Å². The smallest absolute Gasteiger partial charge is 0.303 e. The van der Waals surface area contributed by atoms with Crippen molar-refractivity contribution in [3.8, 4) is 0 Å². The van der Waals surface area contributed by atoms with Gasteiger partial charge >= 0.3 is 17.9 Å². The van der Waals surface area contributed by atoms with Gasteiger partial charge in [-0.3, -0.25) is 14.4 Å². The van der Waals surface area contributed by atoms with Crippen LogP contribution in [0.4, 0.5) is 0 Å². The molecule has 0 bridgehead atoms. The molecule has 23 heavy (non-hydrogen) atoms. The maximum Gasteiger partial charge on any atom is 0.303 e. The van der Waals surface area contributed by atoms with Crippen LogP contribution in [-0.2, 0) is 33.3 Å². The molecule has 0 aromatic heterocycles. The number of hydrogen-bond acceptors (Lipinski definition) is 8. The summed E-state index contributed by atoms with van der Waals surface area (Å²) in [7, 11) is 0. The first kappa shape index (κ1) is 19.5. The van der Waals surface area contributed by atoms with Crippen LogP contribution in [0.3, 0.4) is 0 Å². The standard InChI is InChI=1S/C12H16IN3O7/c1-5(17)20-4-8-10(21-6(2)18)11(22-7(3)19)9(15-16-14)12(13)23-8/h8-12H,4H2,1-3H3/t8?,9?,10-,11-,12+/m1/s1. The normalized spacial score (nSPS) is 29.8. The Labute approximate surface area is 145 Å². The van der Waals surface area contributed by atoms with Gasteiger partial charge in [0, 0.05) is 25.7 Å². The molecule has 1 heterocycles. The van der Waals surface area contributed by atoms with E-state index in [-0.39, 0.29) is 6.61 Å². The van der Waals surface area contributed by atoms with Gasteiger partial charge in [-0.2, -0.15) is 0 Å². The molecule has 1 aliphatic rings. The maximum atomic E-state index is 11.3. The van der Waals surface area contributed by atoms with Crippen molar-refractivity contribution in [3.63, 3.8) is 0 Å². The molecular formula is C12H16IN3O7. The number of halogens is 1. The summed E-state index contributed by atoms with van der Waals surface area (Å²) in [6.45, 7) is 3.37. The Bertz CT molecular complexity index is 523. The van der Waals surface area contributed by atoms with Gasteiger partial charge in [-0.25, -0.2) is 0 Å². The molecule has 2 unspecified atom stereocenters. The summed E-state index contributed by atoms with van der Waals surface area (Å²) >= 11 is 1.86. The van der Waals surface area contributed by atoms with Crippen molar-refractivity contribution in [3.05, 3.63) is 10.4 Å². The summed E-state index contributed by atoms with van der Waals surface area (Å²) in [5.74, 6) is -1.82. The molecule has 0 aliphatic carbocycles. The predicted molar refractivity (Wildman–Crippen MR) is 83.4 cm³/mol. The summed E-state index contributed by atoms with van der Waals surface area (Å²) in [5.41, 5.74) is 8.68. The molecule has 0 aromatic rings. The Hall–Kier alpha value is -1.59. The van der Waals surface area contributed by atoms with E-state index in [1.54, 1.807) is 0 Å². The van der Waals surface area contributed by atoms with E-state index in [1.165, 1.54) is 20.8 Å². The fourth-order valence-corrected chi connectivity index (χ4v) is 2.98. The van der Waals surface area contributed by atoms with Crippen molar-refractivity contribution in [2.45, 2.75) is 49.2 Å². The highest BCUT2D eigenvalue weighted by Crippen LogP contribution is 2.31. The SMILES string of the molecule is CC(=O)OCC1O[C@H](I)C(N=[N+]=[N-])[C@@H](OC(C)=O)[C@@H]1OC(C)=O. The molecule has 0 saturated carbocycles. The number of nitrogens with zero attached hydrogens (tertiary/aromatic N) is 3. The van der Waals surface area contributed by atoms with E-state index in [4.69, 9.17) is 24.5 Å². The zero-order valence-corrected chi connectivity index (χ0v) is 14.8. The number of esters is 3. The molecule has 128 valence electrons. The molecule has 1 saturated heterocycles. The van der Waals surface area contributed by atoms with Gasteiger partial charge < -0.3 is 18.9 Å². The van der Waals surface area contributed by atoms with E-state index in [2.05, 4.69) is 10.0 Å². The number of alkyl halides is 1. The lowest BCUT2D eigenvalue weighted by Gasteiger charge is -2.41. The van der Waals surface area contributed by atoms with Crippen LogP contribution in [0, 0.1) is 0 Å². The Morgan fingerprint density at radius 3 is 2.17 bits per heavy atom. The molecule has 1 aliphatic heterocycles. The van der Waals surface area contributed by atoms with Gasteiger partial charge in [-0.1, -0.05) is 27.7 Å². The molecule has 0 aromatic carbocycles. The van der Waals surface area contributed by atoms with E-state index in [1.807, 2.05) is 22.6 Å². The molecule has 1 fully saturated rings. The molecule has 11 heteroatoms. The molecule has 0 spiro atoms. The number of rotatable bonds is 5. The van der Waals surface area contributed by atoms with Crippen molar-refractivity contribution >= 4 is 40.5 Å². The fourth-order valence-electron chi connectivity index (χ4n) is 2.05. The third kappa shape index (κ3) is 5.84. The molecule has 0 amide bonds. The van der Waals surface area contributed by atoms with E-state index >= 15 is 0 Å². The minimum atomic E-state index is -1.07. The first-order valence-corrected chi connectivity index (χ1v) is 7.82. The minimum Gasteiger partial charge on any atom is -0.463 e. The second kappa shape index (κ2) is 8.89. The second-order valence-corrected chi connectivity index (χ2v) is 5.90. The molecule has 0 N–H and O–H groups in total. The van der Waals surface area contributed by atoms with Crippen LogP contribution >= 0.6 is 22.6 Å². The zero-order valence-electron chi connectivity index (χ0n) is 12.7. The van der Waals surface area contributed by atoms with Gasteiger partial charge in [-0.15, -0.1) is 0 Å². The molecule has 10 nitrogen and oxygen atoms in total. The van der Waals surface area contributed by atoms with Crippen LogP contribution in [-0.4, -0.2) is 53.0 Å². The highest BCUT2D eigenvalue weighted by atomic mass is 127. The number of hydrogen-bond donors (Lipinski definition) is 0. The second-order valence-electron chi connectivity index (χ2n) is 4.67. The Morgan fingerprint density at radius 2 is 1.70 bits per heavy atom. The zero-order chi connectivity index (χ0) is 17.6. The summed E-state index contributed by atoms with van der Waals surface area (Å²) in [6, 6.07) is -0.901. The largest absolute Gasteiger partial charge is 0.463 e. The van der Waals surface area contributed by atoms with Crippen molar-refractivity contribution < 1.29 is 33.3 Å². The highest BCUT2D eigenvalue weighted by Gasteiger charge is 2.49. The van der Waals surface area contributed by atoms with Gasteiger partial charge in [0.25, 0.3) is 0 Å². The van der Waals surface area contributed by atoms with Gasteiger partial charge in [0.05, 0.1) is 0 Å². The Kier molecular flexibility index (Phi) is 7.52. The summed E-state index contributed by atoms with van der Waals surface area (Å²) in [4.78, 5) is 36.4. The summed E-state index contributed by atoms with van der Waals surface area (Å²) < 4.78 is 20.2. The molecular weight excluding hydrogens is 425 g/mol. The van der Waals surface area contributed by atoms with Crippen LogP contribution < -0.4 is 0 Å². The average Bonchev–Trinajstić information content (AvgIpc) is 2.42. The molecule has 0 radical (unpaired) electrons. The van der Waals surface area contributed by atoms with E-state index in [0.29, 0.717) is 0 Å². The predicted octanol–water partition coefficient (Wildman–Crippen LogP) is 1.25. The van der Waals surface area contributed by atoms with Crippen LogP contribution in [0.15, 0.2) is 5.11 Å². The Morgan fingerprint density at radius 1 is 1.13 bits per heavy atom. The molecule has 1 rings (SSSR count). The van der Waals surface area contributed by atoms with Crippen LogP contribution in [0.2, 0.25) is 0 Å². The van der Waals surface area contributed by atoms with Crippen molar-refractivity contribution in [2.24, 2.45) is 5.11 Å². The molecule has 5 atom stereocenters. The van der Waals surface area contributed by atoms with Crippen molar-refractivity contribution in [1.29, 1.82) is 0 Å². The quantitative estimate of drug-likeness (QED) is 0.119. The minimum absolute atomic E-state index is 0.201. The van der Waals surface area contributed by atoms with Gasteiger partial charge in [0.15, 0.2) is 12.2 Å². The third-order valence-corrected chi connectivity index (χ3v) is 3.87. The topological polar surface area (TPSA) is 137 Å². The van der Waals surface area contributed by atoms with Crippen molar-refractivity contribution in [1.82, 2.24) is 0 Å². The van der Waals surface area contributed by atoms with E-state index < -0.39 is 46.4 Å². The number of ether oxygens (including phenoxy) is 4. The first-order chi connectivity index (χ1) is 10.8. The Balaban J connectivity index is 3.11. The fraction of sp³-hybridized carbons (Fsp3) is 0.750. The lowest BCUT2D eigenvalue weighted by Crippen LogP contribution is -2.59. The van der Waals surface area contributed by atoms with Gasteiger partial charge in [0.2, 0.25) is 0 Å². The third-order valence-electron chi connectivity index (χ3n) is 2.84. The first-order valence-electron chi connectivity index (χ1n) is 6.57. The van der Waals surface area contributed by atoms with E-state index in [9.17, 15) is 14.4 Å². The lowest BCUT2D eigenvalue weighted by atomic mass is 9.98.